The lowest BCUT2D eigenvalue weighted by Crippen LogP contribution is -2.44. The van der Waals surface area contributed by atoms with Gasteiger partial charge in [-0.1, -0.05) is 6.92 Å². The van der Waals surface area contributed by atoms with Crippen LogP contribution in [0.25, 0.3) is 0 Å². The van der Waals surface area contributed by atoms with Gasteiger partial charge in [0.1, 0.15) is 6.04 Å². The fourth-order valence-corrected chi connectivity index (χ4v) is 2.58. The van der Waals surface area contributed by atoms with Gasteiger partial charge in [0, 0.05) is 24.5 Å². The fraction of sp³-hybridized carbons (Fsp3) is 0.667. The largest absolute Gasteiger partial charge is 0.480 e. The second-order valence-corrected chi connectivity index (χ2v) is 4.58. The maximum Gasteiger partial charge on any atom is 0.320 e. The van der Waals surface area contributed by atoms with E-state index < -0.39 is 12.0 Å². The van der Waals surface area contributed by atoms with Crippen LogP contribution in [0.5, 0.6) is 0 Å². The summed E-state index contributed by atoms with van der Waals surface area (Å²) in [4.78, 5) is 15.1. The van der Waals surface area contributed by atoms with Crippen LogP contribution in [0.3, 0.4) is 0 Å². The number of imidazole rings is 1. The average molecular weight is 237 g/mol. The lowest BCUT2D eigenvalue weighted by Gasteiger charge is -2.25. The van der Waals surface area contributed by atoms with Gasteiger partial charge in [-0.15, -0.1) is 0 Å². The van der Waals surface area contributed by atoms with Crippen LogP contribution in [0.4, 0.5) is 0 Å². The van der Waals surface area contributed by atoms with Crippen LogP contribution in [0, 0.1) is 0 Å². The van der Waals surface area contributed by atoms with Crippen LogP contribution in [-0.2, 0) is 4.79 Å². The number of aliphatic carboxylic acids is 1. The van der Waals surface area contributed by atoms with E-state index in [1.807, 2.05) is 19.4 Å². The maximum atomic E-state index is 11.0. The van der Waals surface area contributed by atoms with Gasteiger partial charge in [-0.25, -0.2) is 4.98 Å². The Bertz CT molecular complexity index is 364. The first kappa shape index (κ1) is 12.1. The SMILES string of the molecule is CCC(NC1CCCC1n1ccnc1)C(=O)O. The molecule has 0 aliphatic heterocycles. The highest BCUT2D eigenvalue weighted by atomic mass is 16.4. The second kappa shape index (κ2) is 5.31. The molecule has 1 aliphatic rings. The van der Waals surface area contributed by atoms with Crippen molar-refractivity contribution < 1.29 is 9.90 Å². The number of hydrogen-bond donors (Lipinski definition) is 2. The van der Waals surface area contributed by atoms with Gasteiger partial charge >= 0.3 is 5.97 Å². The normalized spacial score (nSPS) is 25.9. The molecule has 1 fully saturated rings. The minimum atomic E-state index is -0.760. The summed E-state index contributed by atoms with van der Waals surface area (Å²) in [6.07, 6.45) is 9.40. The smallest absolute Gasteiger partial charge is 0.320 e. The minimum absolute atomic E-state index is 0.241. The van der Waals surface area contributed by atoms with Crippen molar-refractivity contribution in [1.29, 1.82) is 0 Å². The lowest BCUT2D eigenvalue weighted by atomic mass is 10.1. The summed E-state index contributed by atoms with van der Waals surface area (Å²) in [5, 5.41) is 12.3. The Kier molecular flexibility index (Phi) is 3.78. The second-order valence-electron chi connectivity index (χ2n) is 4.58. The highest BCUT2D eigenvalue weighted by Crippen LogP contribution is 2.30. The molecule has 1 aliphatic carbocycles. The molecule has 0 bridgehead atoms. The molecule has 94 valence electrons. The van der Waals surface area contributed by atoms with Crippen LogP contribution >= 0.6 is 0 Å². The highest BCUT2D eigenvalue weighted by Gasteiger charge is 2.31. The van der Waals surface area contributed by atoms with Crippen molar-refractivity contribution in [2.75, 3.05) is 0 Å². The van der Waals surface area contributed by atoms with Crippen molar-refractivity contribution in [3.8, 4) is 0 Å². The van der Waals surface area contributed by atoms with Gasteiger partial charge in [0.2, 0.25) is 0 Å². The molecule has 3 atom stereocenters. The van der Waals surface area contributed by atoms with E-state index in [2.05, 4.69) is 14.9 Å². The summed E-state index contributed by atoms with van der Waals surface area (Å²) in [7, 11) is 0. The number of nitrogens with zero attached hydrogens (tertiary/aromatic N) is 2. The summed E-state index contributed by atoms with van der Waals surface area (Å²) in [6, 6.07) is 0.139. The fourth-order valence-electron chi connectivity index (χ4n) is 2.58. The molecule has 17 heavy (non-hydrogen) atoms. The Balaban J connectivity index is 2.02. The Hall–Kier alpha value is -1.36. The van der Waals surface area contributed by atoms with E-state index in [4.69, 9.17) is 5.11 Å². The van der Waals surface area contributed by atoms with Crippen molar-refractivity contribution >= 4 is 5.97 Å². The van der Waals surface area contributed by atoms with E-state index in [1.165, 1.54) is 0 Å². The van der Waals surface area contributed by atoms with Gasteiger partial charge in [0.25, 0.3) is 0 Å². The Morgan fingerprint density at radius 1 is 1.65 bits per heavy atom. The van der Waals surface area contributed by atoms with Crippen LogP contribution in [0.15, 0.2) is 18.7 Å². The summed E-state index contributed by atoms with van der Waals surface area (Å²) >= 11 is 0. The van der Waals surface area contributed by atoms with Gasteiger partial charge < -0.3 is 9.67 Å². The predicted octanol–water partition coefficient (Wildman–Crippen LogP) is 1.43. The van der Waals surface area contributed by atoms with E-state index in [-0.39, 0.29) is 6.04 Å². The number of carbonyl (C=O) groups is 1. The average Bonchev–Trinajstić information content (AvgIpc) is 2.95. The quantitative estimate of drug-likeness (QED) is 0.813. The molecule has 0 saturated heterocycles. The number of aromatic nitrogens is 2. The first-order valence-electron chi connectivity index (χ1n) is 6.18. The molecule has 5 nitrogen and oxygen atoms in total. The molecule has 3 unspecified atom stereocenters. The molecule has 1 saturated carbocycles. The van der Waals surface area contributed by atoms with Crippen molar-refractivity contribution in [1.82, 2.24) is 14.9 Å². The third-order valence-corrected chi connectivity index (χ3v) is 3.51. The first-order chi connectivity index (χ1) is 8.22. The topological polar surface area (TPSA) is 67.2 Å². The van der Waals surface area contributed by atoms with E-state index in [0.29, 0.717) is 12.5 Å². The Morgan fingerprint density at radius 3 is 3.06 bits per heavy atom. The summed E-state index contributed by atoms with van der Waals surface area (Å²) in [5.74, 6) is -0.760. The molecular weight excluding hydrogens is 218 g/mol. The third kappa shape index (κ3) is 2.66. The van der Waals surface area contributed by atoms with Crippen molar-refractivity contribution in [2.24, 2.45) is 0 Å². The molecule has 2 N–H and O–H groups in total. The molecule has 1 aromatic rings. The van der Waals surface area contributed by atoms with Crippen molar-refractivity contribution in [3.63, 3.8) is 0 Å². The molecule has 0 radical (unpaired) electrons. The zero-order chi connectivity index (χ0) is 12.3. The van der Waals surface area contributed by atoms with Crippen LogP contribution in [-0.4, -0.2) is 32.7 Å². The standard InChI is InChI=1S/C12H19N3O2/c1-2-9(12(16)17)14-10-4-3-5-11(10)15-7-6-13-8-15/h6-11,14H,2-5H2,1H3,(H,16,17). The van der Waals surface area contributed by atoms with E-state index in [9.17, 15) is 4.79 Å². The predicted molar refractivity (Wildman–Crippen MR) is 63.8 cm³/mol. The van der Waals surface area contributed by atoms with Gasteiger partial charge in [-0.2, -0.15) is 0 Å². The lowest BCUT2D eigenvalue weighted by molar-refractivity contribution is -0.139. The molecular formula is C12H19N3O2. The van der Waals surface area contributed by atoms with Gasteiger partial charge in [-0.05, 0) is 25.7 Å². The Labute approximate surface area is 101 Å². The zero-order valence-electron chi connectivity index (χ0n) is 10.0. The molecule has 0 amide bonds. The number of carboxylic acid groups (broad SMARTS) is 1. The van der Waals surface area contributed by atoms with Crippen LogP contribution < -0.4 is 5.32 Å². The zero-order valence-corrected chi connectivity index (χ0v) is 10.0. The molecule has 5 heteroatoms. The summed E-state index contributed by atoms with van der Waals surface area (Å²) in [5.41, 5.74) is 0. The third-order valence-electron chi connectivity index (χ3n) is 3.51. The maximum absolute atomic E-state index is 11.0. The van der Waals surface area contributed by atoms with Gasteiger partial charge in [0.05, 0.1) is 6.33 Å². The van der Waals surface area contributed by atoms with E-state index in [0.717, 1.165) is 19.3 Å². The van der Waals surface area contributed by atoms with Crippen molar-refractivity contribution in [3.05, 3.63) is 18.7 Å². The molecule has 1 aromatic heterocycles. The Morgan fingerprint density at radius 2 is 2.47 bits per heavy atom. The summed E-state index contributed by atoms with van der Waals surface area (Å²) in [6.45, 7) is 1.90. The first-order valence-corrected chi connectivity index (χ1v) is 6.18. The number of hydrogen-bond acceptors (Lipinski definition) is 3. The van der Waals surface area contributed by atoms with Crippen LogP contribution in [0.2, 0.25) is 0 Å². The van der Waals surface area contributed by atoms with Gasteiger partial charge in [0.15, 0.2) is 0 Å². The number of nitrogens with one attached hydrogen (secondary N) is 1. The number of carboxylic acids is 1. The van der Waals surface area contributed by atoms with Crippen LogP contribution in [0.1, 0.15) is 38.6 Å². The molecule has 0 spiro atoms. The molecule has 1 heterocycles. The molecule has 0 aromatic carbocycles. The summed E-state index contributed by atoms with van der Waals surface area (Å²) < 4.78 is 2.08. The minimum Gasteiger partial charge on any atom is -0.480 e. The highest BCUT2D eigenvalue weighted by molar-refractivity contribution is 5.73. The van der Waals surface area contributed by atoms with E-state index in [1.54, 1.807) is 6.20 Å². The monoisotopic (exact) mass is 237 g/mol. The van der Waals surface area contributed by atoms with E-state index >= 15 is 0 Å². The van der Waals surface area contributed by atoms with Gasteiger partial charge in [-0.3, -0.25) is 10.1 Å². The number of rotatable bonds is 5. The van der Waals surface area contributed by atoms with Crippen molar-refractivity contribution in [2.45, 2.75) is 50.7 Å². The molecule has 2 rings (SSSR count).